The Morgan fingerprint density at radius 3 is 2.33 bits per heavy atom. The summed E-state index contributed by atoms with van der Waals surface area (Å²) in [5.74, 6) is -1.09. The third kappa shape index (κ3) is 8.25. The standard InChI is InChI=1S/C15H19F3N2O4/c1-14(2,3)24-13(22)19-9-8-12(21)20-10-6-4-5-7-11(10)23-15(16,17)18/h4-7H,8-9H2,1-3H3,(H,19,22)(H,20,21). The minimum Gasteiger partial charge on any atom is -0.444 e. The zero-order valence-electron chi connectivity index (χ0n) is 13.5. The van der Waals surface area contributed by atoms with E-state index in [1.165, 1.54) is 18.2 Å². The van der Waals surface area contributed by atoms with E-state index >= 15 is 0 Å². The number of rotatable bonds is 5. The largest absolute Gasteiger partial charge is 0.573 e. The van der Waals surface area contributed by atoms with E-state index in [1.54, 1.807) is 20.8 Å². The van der Waals surface area contributed by atoms with Gasteiger partial charge < -0.3 is 20.1 Å². The van der Waals surface area contributed by atoms with Crippen LogP contribution in [0.1, 0.15) is 27.2 Å². The van der Waals surface area contributed by atoms with Gasteiger partial charge in [0.25, 0.3) is 0 Å². The molecule has 0 aliphatic heterocycles. The molecule has 0 fully saturated rings. The highest BCUT2D eigenvalue weighted by molar-refractivity contribution is 5.92. The molecule has 0 unspecified atom stereocenters. The molecule has 0 aliphatic rings. The molecule has 0 saturated heterocycles. The van der Waals surface area contributed by atoms with Gasteiger partial charge in [-0.15, -0.1) is 13.2 Å². The van der Waals surface area contributed by atoms with Gasteiger partial charge in [0.2, 0.25) is 5.91 Å². The van der Waals surface area contributed by atoms with Gasteiger partial charge in [-0.25, -0.2) is 4.79 Å². The van der Waals surface area contributed by atoms with Gasteiger partial charge in [0.1, 0.15) is 5.60 Å². The molecule has 0 spiro atoms. The van der Waals surface area contributed by atoms with Crippen molar-refractivity contribution >= 4 is 17.7 Å². The summed E-state index contributed by atoms with van der Waals surface area (Å²) in [5.41, 5.74) is -0.780. The predicted octanol–water partition coefficient (Wildman–Crippen LogP) is 3.44. The van der Waals surface area contributed by atoms with Crippen LogP contribution in [-0.4, -0.2) is 30.5 Å². The van der Waals surface area contributed by atoms with Gasteiger partial charge in [0.05, 0.1) is 5.69 Å². The lowest BCUT2D eigenvalue weighted by Gasteiger charge is -2.19. The van der Waals surface area contributed by atoms with Gasteiger partial charge in [-0.2, -0.15) is 0 Å². The van der Waals surface area contributed by atoms with E-state index in [0.717, 1.165) is 6.07 Å². The van der Waals surface area contributed by atoms with Crippen LogP contribution in [0.4, 0.5) is 23.7 Å². The number of halogens is 3. The summed E-state index contributed by atoms with van der Waals surface area (Å²) < 4.78 is 45.7. The summed E-state index contributed by atoms with van der Waals surface area (Å²) in [4.78, 5) is 23.2. The van der Waals surface area contributed by atoms with Crippen molar-refractivity contribution in [3.05, 3.63) is 24.3 Å². The molecule has 6 nitrogen and oxygen atoms in total. The van der Waals surface area contributed by atoms with Crippen molar-refractivity contribution in [3.63, 3.8) is 0 Å². The zero-order valence-corrected chi connectivity index (χ0v) is 13.5. The first kappa shape index (κ1) is 19.6. The molecule has 0 aromatic heterocycles. The Morgan fingerprint density at radius 1 is 1.12 bits per heavy atom. The normalized spacial score (nSPS) is 11.6. The molecule has 0 aliphatic carbocycles. The first-order chi connectivity index (χ1) is 11.0. The average Bonchev–Trinajstić information content (AvgIpc) is 2.37. The second-order valence-electron chi connectivity index (χ2n) is 5.77. The van der Waals surface area contributed by atoms with E-state index in [2.05, 4.69) is 15.4 Å². The van der Waals surface area contributed by atoms with E-state index in [1.807, 2.05) is 0 Å². The van der Waals surface area contributed by atoms with Crippen molar-refractivity contribution < 1.29 is 32.2 Å². The maximum Gasteiger partial charge on any atom is 0.573 e. The molecule has 134 valence electrons. The average molecular weight is 348 g/mol. The van der Waals surface area contributed by atoms with E-state index in [0.29, 0.717) is 0 Å². The number of ether oxygens (including phenoxy) is 2. The third-order valence-corrected chi connectivity index (χ3v) is 2.41. The second-order valence-corrected chi connectivity index (χ2v) is 5.77. The molecule has 2 N–H and O–H groups in total. The molecule has 24 heavy (non-hydrogen) atoms. The van der Waals surface area contributed by atoms with Crippen molar-refractivity contribution in [2.45, 2.75) is 39.2 Å². The summed E-state index contributed by atoms with van der Waals surface area (Å²) in [6.07, 6.45) is -5.69. The smallest absolute Gasteiger partial charge is 0.444 e. The number of amides is 2. The number of alkyl carbamates (subject to hydrolysis) is 1. The lowest BCUT2D eigenvalue weighted by molar-refractivity contribution is -0.274. The van der Waals surface area contributed by atoms with Gasteiger partial charge in [-0.05, 0) is 32.9 Å². The Morgan fingerprint density at radius 2 is 1.75 bits per heavy atom. The van der Waals surface area contributed by atoms with Crippen LogP contribution in [0.5, 0.6) is 5.75 Å². The zero-order chi connectivity index (χ0) is 18.4. The van der Waals surface area contributed by atoms with Gasteiger partial charge >= 0.3 is 12.5 Å². The SMILES string of the molecule is CC(C)(C)OC(=O)NCCC(=O)Nc1ccccc1OC(F)(F)F. The fourth-order valence-electron chi connectivity index (χ4n) is 1.59. The summed E-state index contributed by atoms with van der Waals surface area (Å²) in [5, 5.41) is 4.67. The number of para-hydroxylation sites is 2. The third-order valence-electron chi connectivity index (χ3n) is 2.41. The fraction of sp³-hybridized carbons (Fsp3) is 0.467. The maximum absolute atomic E-state index is 12.3. The number of alkyl halides is 3. The van der Waals surface area contributed by atoms with Crippen molar-refractivity contribution in [2.24, 2.45) is 0 Å². The maximum atomic E-state index is 12.3. The van der Waals surface area contributed by atoms with Gasteiger partial charge in [0.15, 0.2) is 5.75 Å². The van der Waals surface area contributed by atoms with Crippen molar-refractivity contribution in [1.29, 1.82) is 0 Å². The van der Waals surface area contributed by atoms with Gasteiger partial charge in [0, 0.05) is 13.0 Å². The Hall–Kier alpha value is -2.45. The minimum atomic E-state index is -4.86. The molecule has 0 heterocycles. The molecule has 1 aromatic carbocycles. The highest BCUT2D eigenvalue weighted by Gasteiger charge is 2.32. The van der Waals surface area contributed by atoms with Crippen LogP contribution in [0.15, 0.2) is 24.3 Å². The highest BCUT2D eigenvalue weighted by atomic mass is 19.4. The number of hydrogen-bond acceptors (Lipinski definition) is 4. The van der Waals surface area contributed by atoms with Crippen molar-refractivity contribution in [1.82, 2.24) is 5.32 Å². The minimum absolute atomic E-state index is 0.0248. The fourth-order valence-corrected chi connectivity index (χ4v) is 1.59. The molecule has 0 saturated carbocycles. The molecule has 1 aromatic rings. The summed E-state index contributed by atoms with van der Waals surface area (Å²) in [6, 6.07) is 5.17. The van der Waals surface area contributed by atoms with E-state index in [4.69, 9.17) is 4.74 Å². The molecule has 2 amide bonds. The van der Waals surface area contributed by atoms with E-state index in [9.17, 15) is 22.8 Å². The molecular formula is C15H19F3N2O4. The second kappa shape index (κ2) is 7.89. The number of hydrogen-bond donors (Lipinski definition) is 2. The summed E-state index contributed by atoms with van der Waals surface area (Å²) in [7, 11) is 0. The van der Waals surface area contributed by atoms with Crippen LogP contribution in [0.3, 0.4) is 0 Å². The van der Waals surface area contributed by atoms with Gasteiger partial charge in [-0.3, -0.25) is 4.79 Å². The quantitative estimate of drug-likeness (QED) is 0.855. The van der Waals surface area contributed by atoms with Crippen LogP contribution >= 0.6 is 0 Å². The molecule has 0 atom stereocenters. The molecular weight excluding hydrogens is 329 g/mol. The molecule has 0 bridgehead atoms. The van der Waals surface area contributed by atoms with Crippen LogP contribution in [-0.2, 0) is 9.53 Å². The van der Waals surface area contributed by atoms with Crippen molar-refractivity contribution in [3.8, 4) is 5.75 Å². The van der Waals surface area contributed by atoms with Crippen LogP contribution in [0.25, 0.3) is 0 Å². The van der Waals surface area contributed by atoms with Crippen LogP contribution < -0.4 is 15.4 Å². The summed E-state index contributed by atoms with van der Waals surface area (Å²) >= 11 is 0. The van der Waals surface area contributed by atoms with Crippen molar-refractivity contribution in [2.75, 3.05) is 11.9 Å². The van der Waals surface area contributed by atoms with Crippen LogP contribution in [0.2, 0.25) is 0 Å². The number of carbonyl (C=O) groups is 2. The lowest BCUT2D eigenvalue weighted by Crippen LogP contribution is -2.34. The Labute approximate surface area is 137 Å². The monoisotopic (exact) mass is 348 g/mol. The Bertz CT molecular complexity index is 583. The Balaban J connectivity index is 2.50. The number of nitrogens with one attached hydrogen (secondary N) is 2. The Kier molecular flexibility index (Phi) is 6.44. The predicted molar refractivity (Wildman–Crippen MR) is 80.6 cm³/mol. The molecule has 0 radical (unpaired) electrons. The van der Waals surface area contributed by atoms with E-state index in [-0.39, 0.29) is 18.7 Å². The first-order valence-electron chi connectivity index (χ1n) is 7.08. The highest BCUT2D eigenvalue weighted by Crippen LogP contribution is 2.29. The summed E-state index contributed by atoms with van der Waals surface area (Å²) in [6.45, 7) is 5.05. The molecule has 9 heteroatoms. The topological polar surface area (TPSA) is 76.7 Å². The first-order valence-corrected chi connectivity index (χ1v) is 7.08. The number of carbonyl (C=O) groups excluding carboxylic acids is 2. The number of benzene rings is 1. The number of anilines is 1. The van der Waals surface area contributed by atoms with E-state index < -0.39 is 29.7 Å². The lowest BCUT2D eigenvalue weighted by atomic mass is 10.2. The molecule has 1 rings (SSSR count). The van der Waals surface area contributed by atoms with Crippen LogP contribution in [0, 0.1) is 0 Å². The van der Waals surface area contributed by atoms with Gasteiger partial charge in [-0.1, -0.05) is 12.1 Å².